The summed E-state index contributed by atoms with van der Waals surface area (Å²) in [6.07, 6.45) is 3.55. The number of H-pyrrole nitrogens is 1. The average molecular weight is 514 g/mol. The Balaban J connectivity index is 1.50. The van der Waals surface area contributed by atoms with Crippen LogP contribution in [0.1, 0.15) is 35.3 Å². The predicted molar refractivity (Wildman–Crippen MR) is 129 cm³/mol. The molecule has 1 aliphatic heterocycles. The number of rotatable bonds is 8. The number of hydrogen-bond acceptors (Lipinski definition) is 8. The van der Waals surface area contributed by atoms with Crippen molar-refractivity contribution >= 4 is 22.8 Å². The molecule has 37 heavy (non-hydrogen) atoms. The van der Waals surface area contributed by atoms with Crippen LogP contribution in [-0.2, 0) is 4.79 Å². The summed E-state index contributed by atoms with van der Waals surface area (Å²) >= 11 is 0. The minimum absolute atomic E-state index is 0.0427. The highest BCUT2D eigenvalue weighted by Gasteiger charge is 2.40. The lowest BCUT2D eigenvalue weighted by molar-refractivity contribution is -0.134. The van der Waals surface area contributed by atoms with Crippen LogP contribution >= 0.6 is 0 Å². The summed E-state index contributed by atoms with van der Waals surface area (Å²) in [7, 11) is 1.38. The summed E-state index contributed by atoms with van der Waals surface area (Å²) in [5.74, 6) is -0.812. The molecular weight excluding hydrogens is 485 g/mol. The lowest BCUT2D eigenvalue weighted by atomic mass is 10.1. The number of carbonyl (C=O) groups excluding carboxylic acids is 2. The Labute approximate surface area is 211 Å². The van der Waals surface area contributed by atoms with Crippen molar-refractivity contribution in [1.29, 1.82) is 0 Å². The molecule has 0 bridgehead atoms. The highest BCUT2D eigenvalue weighted by Crippen LogP contribution is 2.39. The Morgan fingerprint density at radius 2 is 2.08 bits per heavy atom. The van der Waals surface area contributed by atoms with Crippen molar-refractivity contribution in [3.8, 4) is 22.8 Å². The first-order valence-electron chi connectivity index (χ1n) is 12.0. The number of aromatic amines is 1. The molecule has 1 aromatic carbocycles. The fourth-order valence-electron chi connectivity index (χ4n) is 4.57. The van der Waals surface area contributed by atoms with Gasteiger partial charge in [-0.2, -0.15) is 0 Å². The summed E-state index contributed by atoms with van der Waals surface area (Å²) in [6.45, 7) is 1.54. The van der Waals surface area contributed by atoms with Crippen molar-refractivity contribution in [3.63, 3.8) is 0 Å². The summed E-state index contributed by atoms with van der Waals surface area (Å²) < 4.78 is 25.9. The van der Waals surface area contributed by atoms with Gasteiger partial charge in [0.2, 0.25) is 5.91 Å². The molecule has 5 rings (SSSR count). The van der Waals surface area contributed by atoms with Crippen LogP contribution in [-0.4, -0.2) is 81.0 Å². The molecule has 4 N–H and O–H groups in total. The number of fused-ring (bicyclic) bond motifs is 1. The highest BCUT2D eigenvalue weighted by molar-refractivity contribution is 6.09. The predicted octanol–water partition coefficient (Wildman–Crippen LogP) is 1.51. The van der Waals surface area contributed by atoms with Crippen LogP contribution in [0.2, 0.25) is 0 Å². The van der Waals surface area contributed by atoms with E-state index in [4.69, 9.17) is 14.6 Å². The van der Waals surface area contributed by atoms with E-state index in [1.165, 1.54) is 30.5 Å². The number of halogens is 1. The smallest absolute Gasteiger partial charge is 0.257 e. The van der Waals surface area contributed by atoms with E-state index in [1.54, 1.807) is 6.92 Å². The highest BCUT2D eigenvalue weighted by atomic mass is 19.1. The molecule has 1 aliphatic carbocycles. The number of nitrogens with one attached hydrogen (secondary N) is 2. The normalized spacial score (nSPS) is 19.3. The number of benzene rings is 1. The molecule has 2 fully saturated rings. The Bertz CT molecular complexity index is 1370. The molecule has 1 saturated carbocycles. The molecule has 1 saturated heterocycles. The number of likely N-dealkylation sites (tertiary alicyclic amines) is 1. The first kappa shape index (κ1) is 24.9. The van der Waals surface area contributed by atoms with Gasteiger partial charge in [-0.1, -0.05) is 0 Å². The van der Waals surface area contributed by atoms with Crippen LogP contribution in [0.4, 0.5) is 4.39 Å². The van der Waals surface area contributed by atoms with E-state index in [0.717, 1.165) is 12.8 Å². The Morgan fingerprint density at radius 1 is 1.30 bits per heavy atom. The van der Waals surface area contributed by atoms with Gasteiger partial charge in [0, 0.05) is 30.3 Å². The van der Waals surface area contributed by atoms with E-state index in [-0.39, 0.29) is 36.3 Å². The molecule has 3 heterocycles. The van der Waals surface area contributed by atoms with Crippen molar-refractivity contribution < 1.29 is 33.7 Å². The minimum atomic E-state index is -1.66. The van der Waals surface area contributed by atoms with Gasteiger partial charge in [0.15, 0.2) is 17.3 Å². The van der Waals surface area contributed by atoms with Gasteiger partial charge in [0.05, 0.1) is 31.3 Å². The number of nitrogens with zero attached hydrogens (tertiary/aromatic N) is 3. The average Bonchev–Trinajstić information content (AvgIpc) is 3.53. The molecule has 0 unspecified atom stereocenters. The number of methoxy groups -OCH3 is 1. The summed E-state index contributed by atoms with van der Waals surface area (Å²) in [6, 6.07) is 2.77. The molecule has 2 aromatic heterocycles. The maximum atomic E-state index is 14.8. The molecule has 1 atom stereocenters. The minimum Gasteiger partial charge on any atom is -0.494 e. The zero-order chi connectivity index (χ0) is 26.3. The zero-order valence-electron chi connectivity index (χ0n) is 20.5. The van der Waals surface area contributed by atoms with Gasteiger partial charge < -0.3 is 34.9 Å². The lowest BCUT2D eigenvalue weighted by Gasteiger charge is -2.24. The number of β-amino-alcohol motifs (C(OH)–C–C–N with tert-alkyl or cyclic N) is 1. The van der Waals surface area contributed by atoms with Crippen LogP contribution in [0, 0.1) is 18.7 Å². The summed E-state index contributed by atoms with van der Waals surface area (Å²) in [5, 5.41) is 22.6. The quantitative estimate of drug-likeness (QED) is 0.331. The summed E-state index contributed by atoms with van der Waals surface area (Å²) in [4.78, 5) is 38.1. The second-order valence-electron chi connectivity index (χ2n) is 9.52. The van der Waals surface area contributed by atoms with Crippen molar-refractivity contribution in [2.24, 2.45) is 5.92 Å². The number of hydrogen-bond donors (Lipinski definition) is 4. The third kappa shape index (κ3) is 4.81. The number of aryl methyl sites for hydroxylation is 1. The van der Waals surface area contributed by atoms with Crippen LogP contribution in [0.15, 0.2) is 18.5 Å². The van der Waals surface area contributed by atoms with Gasteiger partial charge in [0.1, 0.15) is 29.9 Å². The van der Waals surface area contributed by atoms with Gasteiger partial charge in [-0.05, 0) is 31.7 Å². The van der Waals surface area contributed by atoms with Crippen molar-refractivity contribution in [1.82, 2.24) is 25.2 Å². The first-order valence-corrected chi connectivity index (χ1v) is 12.0. The molecule has 0 spiro atoms. The standard InChI is InChI=1S/C25H28FN5O6/c1-13-20(24(34)30-25(35)5-6-31(11-25)19(33)9-32)22-23(29-13)21(27-12-28-22)15-7-16(26)18(36-2)8-17(15)37-10-14-3-4-14/h7-8,12,14,29,32,35H,3-6,9-11H2,1-2H3,(H,30,34)/t25-/m1/s1. The van der Waals surface area contributed by atoms with Crippen molar-refractivity contribution in [2.45, 2.75) is 31.9 Å². The van der Waals surface area contributed by atoms with Crippen LogP contribution in [0.5, 0.6) is 11.5 Å². The van der Waals surface area contributed by atoms with Crippen molar-refractivity contribution in [2.75, 3.05) is 33.4 Å². The SMILES string of the molecule is COc1cc(OCC2CC2)c(-c2ncnc3c(C(=O)N[C@@]4(O)CCN(C(=O)CO)C4)c(C)[nH]c23)cc1F. The maximum absolute atomic E-state index is 14.8. The van der Waals surface area contributed by atoms with E-state index in [9.17, 15) is 19.1 Å². The number of ether oxygens (including phenoxy) is 2. The lowest BCUT2D eigenvalue weighted by Crippen LogP contribution is -2.51. The summed E-state index contributed by atoms with van der Waals surface area (Å²) in [5.41, 5.74) is 0.417. The van der Waals surface area contributed by atoms with Gasteiger partial charge >= 0.3 is 0 Å². The van der Waals surface area contributed by atoms with E-state index >= 15 is 0 Å². The third-order valence-corrected chi connectivity index (χ3v) is 6.76. The number of aliphatic hydroxyl groups is 2. The Kier molecular flexibility index (Phi) is 6.46. The van der Waals surface area contributed by atoms with Crippen LogP contribution in [0.3, 0.4) is 0 Å². The monoisotopic (exact) mass is 513 g/mol. The fraction of sp³-hybridized carbons (Fsp3) is 0.440. The molecule has 12 heteroatoms. The second-order valence-corrected chi connectivity index (χ2v) is 9.52. The number of amides is 2. The van der Waals surface area contributed by atoms with Crippen molar-refractivity contribution in [3.05, 3.63) is 35.5 Å². The number of aromatic nitrogens is 3. The van der Waals surface area contributed by atoms with Crippen LogP contribution in [0.25, 0.3) is 22.3 Å². The maximum Gasteiger partial charge on any atom is 0.257 e. The van der Waals surface area contributed by atoms with Gasteiger partial charge in [0.25, 0.3) is 5.91 Å². The van der Waals surface area contributed by atoms with Crippen LogP contribution < -0.4 is 14.8 Å². The Morgan fingerprint density at radius 3 is 2.78 bits per heavy atom. The molecule has 0 radical (unpaired) electrons. The van der Waals surface area contributed by atoms with Gasteiger partial charge in [-0.25, -0.2) is 14.4 Å². The van der Waals surface area contributed by atoms with E-state index in [2.05, 4.69) is 20.3 Å². The molecule has 3 aromatic rings. The number of carbonyl (C=O) groups is 2. The number of aliphatic hydroxyl groups excluding tert-OH is 1. The van der Waals surface area contributed by atoms with Gasteiger partial charge in [-0.15, -0.1) is 0 Å². The second kappa shape index (κ2) is 9.60. The van der Waals surface area contributed by atoms with Gasteiger partial charge in [-0.3, -0.25) is 9.59 Å². The topological polar surface area (TPSA) is 150 Å². The van der Waals surface area contributed by atoms with E-state index < -0.39 is 30.0 Å². The third-order valence-electron chi connectivity index (χ3n) is 6.76. The molecular formula is C25H28FN5O6. The Hall–Kier alpha value is -3.77. The molecule has 11 nitrogen and oxygen atoms in total. The van der Waals surface area contributed by atoms with E-state index in [0.29, 0.717) is 40.7 Å². The first-order chi connectivity index (χ1) is 17.7. The fourth-order valence-corrected chi connectivity index (χ4v) is 4.57. The molecule has 2 aliphatic rings. The largest absolute Gasteiger partial charge is 0.494 e. The zero-order valence-corrected chi connectivity index (χ0v) is 20.5. The molecule has 2 amide bonds. The molecule has 196 valence electrons. The van der Waals surface area contributed by atoms with E-state index in [1.807, 2.05) is 0 Å².